The summed E-state index contributed by atoms with van der Waals surface area (Å²) in [6.45, 7) is 1.95. The van der Waals surface area contributed by atoms with E-state index in [2.05, 4.69) is 0 Å². The Kier molecular flexibility index (Phi) is 2.48. The summed E-state index contributed by atoms with van der Waals surface area (Å²) in [5, 5.41) is 1.69. The predicted molar refractivity (Wildman–Crippen MR) is 58.6 cm³/mol. The Labute approximate surface area is 87.6 Å². The third-order valence-corrected chi connectivity index (χ3v) is 2.37. The fraction of sp³-hybridized carbons (Fsp3) is 0.273. The van der Waals surface area contributed by atoms with E-state index in [4.69, 9.17) is 21.8 Å². The van der Waals surface area contributed by atoms with Gasteiger partial charge < -0.3 is 10.2 Å². The van der Waals surface area contributed by atoms with E-state index in [1.165, 1.54) is 0 Å². The molecule has 1 atom stereocenters. The molecule has 14 heavy (non-hydrogen) atoms. The molecule has 0 spiro atoms. The lowest BCUT2D eigenvalue weighted by molar-refractivity contribution is 0.525. The van der Waals surface area contributed by atoms with Crippen molar-refractivity contribution < 1.29 is 4.42 Å². The zero-order chi connectivity index (χ0) is 10.1. The van der Waals surface area contributed by atoms with E-state index in [0.717, 1.165) is 23.2 Å². The first-order chi connectivity index (χ1) is 6.66. The van der Waals surface area contributed by atoms with Gasteiger partial charge in [0.1, 0.15) is 5.76 Å². The molecule has 0 aliphatic carbocycles. The molecule has 3 heteroatoms. The summed E-state index contributed by atoms with van der Waals surface area (Å²) in [4.78, 5) is 0. The number of furan rings is 1. The fourth-order valence-electron chi connectivity index (χ4n) is 1.50. The third-order valence-electron chi connectivity index (χ3n) is 2.07. The monoisotopic (exact) mass is 209 g/mol. The quantitative estimate of drug-likeness (QED) is 0.826. The summed E-state index contributed by atoms with van der Waals surface area (Å²) < 4.78 is 5.60. The zero-order valence-electron chi connectivity index (χ0n) is 7.96. The second-order valence-corrected chi connectivity index (χ2v) is 3.96. The van der Waals surface area contributed by atoms with Crippen LogP contribution in [-0.2, 0) is 6.42 Å². The van der Waals surface area contributed by atoms with Crippen LogP contribution in [0.3, 0.4) is 0 Å². The maximum Gasteiger partial charge on any atom is 0.152 e. The molecule has 1 unspecified atom stereocenters. The Bertz CT molecular complexity index is 447. The molecule has 1 aromatic heterocycles. The lowest BCUT2D eigenvalue weighted by Gasteiger charge is -1.99. The Morgan fingerprint density at radius 2 is 2.29 bits per heavy atom. The molecule has 1 heterocycles. The number of para-hydroxylation sites is 1. The lowest BCUT2D eigenvalue weighted by Crippen LogP contribution is -2.17. The van der Waals surface area contributed by atoms with Crippen molar-refractivity contribution in [2.24, 2.45) is 5.73 Å². The van der Waals surface area contributed by atoms with Crippen molar-refractivity contribution in [3.8, 4) is 0 Å². The number of rotatable bonds is 2. The molecule has 1 aromatic carbocycles. The maximum atomic E-state index is 5.98. The van der Waals surface area contributed by atoms with Crippen LogP contribution < -0.4 is 5.73 Å². The highest BCUT2D eigenvalue weighted by Crippen LogP contribution is 2.26. The highest BCUT2D eigenvalue weighted by molar-refractivity contribution is 6.34. The molecule has 0 amide bonds. The van der Waals surface area contributed by atoms with Crippen LogP contribution in [0.4, 0.5) is 0 Å². The summed E-state index contributed by atoms with van der Waals surface area (Å²) in [5.74, 6) is 0.892. The van der Waals surface area contributed by atoms with Gasteiger partial charge >= 0.3 is 0 Å². The molecule has 0 fully saturated rings. The summed E-state index contributed by atoms with van der Waals surface area (Å²) >= 11 is 5.98. The minimum atomic E-state index is 0.106. The molecular weight excluding hydrogens is 198 g/mol. The zero-order valence-corrected chi connectivity index (χ0v) is 8.71. The average Bonchev–Trinajstić information content (AvgIpc) is 2.47. The second-order valence-electron chi connectivity index (χ2n) is 3.55. The van der Waals surface area contributed by atoms with Gasteiger partial charge in [0.2, 0.25) is 0 Å². The number of benzene rings is 1. The van der Waals surface area contributed by atoms with Crippen LogP contribution in [0.2, 0.25) is 5.02 Å². The smallest absolute Gasteiger partial charge is 0.152 e. The van der Waals surface area contributed by atoms with E-state index in [-0.39, 0.29) is 6.04 Å². The van der Waals surface area contributed by atoms with Gasteiger partial charge in [-0.25, -0.2) is 0 Å². The average molecular weight is 210 g/mol. The maximum absolute atomic E-state index is 5.98. The third kappa shape index (κ3) is 1.76. The van der Waals surface area contributed by atoms with Crippen molar-refractivity contribution in [3.05, 3.63) is 35.0 Å². The molecule has 0 aliphatic heterocycles. The largest absolute Gasteiger partial charge is 0.459 e. The van der Waals surface area contributed by atoms with Crippen LogP contribution in [0.1, 0.15) is 12.7 Å². The Balaban J connectivity index is 2.46. The van der Waals surface area contributed by atoms with E-state index in [9.17, 15) is 0 Å². The van der Waals surface area contributed by atoms with Crippen LogP contribution in [0.25, 0.3) is 11.0 Å². The summed E-state index contributed by atoms with van der Waals surface area (Å²) in [7, 11) is 0. The Morgan fingerprint density at radius 1 is 1.50 bits per heavy atom. The molecule has 0 saturated heterocycles. The SMILES string of the molecule is CC(N)Cc1cc2cccc(Cl)c2o1. The van der Waals surface area contributed by atoms with E-state index in [1.54, 1.807) is 0 Å². The summed E-state index contributed by atoms with van der Waals surface area (Å²) in [6.07, 6.45) is 0.741. The van der Waals surface area contributed by atoms with Gasteiger partial charge in [0.25, 0.3) is 0 Å². The lowest BCUT2D eigenvalue weighted by atomic mass is 10.2. The standard InChI is InChI=1S/C11H12ClNO/c1-7(13)5-9-6-8-3-2-4-10(12)11(8)14-9/h2-4,6-7H,5,13H2,1H3. The molecule has 2 N–H and O–H groups in total. The molecule has 2 aromatic rings. The molecule has 2 rings (SSSR count). The van der Waals surface area contributed by atoms with Crippen molar-refractivity contribution in [2.75, 3.05) is 0 Å². The second kappa shape index (κ2) is 3.64. The summed E-state index contributed by atoms with van der Waals surface area (Å²) in [5.41, 5.74) is 6.45. The van der Waals surface area contributed by atoms with Gasteiger partial charge in [-0.05, 0) is 19.1 Å². The van der Waals surface area contributed by atoms with E-state index in [0.29, 0.717) is 5.02 Å². The highest BCUT2D eigenvalue weighted by atomic mass is 35.5. The molecule has 74 valence electrons. The molecule has 0 radical (unpaired) electrons. The van der Waals surface area contributed by atoms with Crippen molar-refractivity contribution in [1.29, 1.82) is 0 Å². The van der Waals surface area contributed by atoms with Gasteiger partial charge in [-0.1, -0.05) is 23.7 Å². The van der Waals surface area contributed by atoms with Crippen LogP contribution >= 0.6 is 11.6 Å². The number of hydrogen-bond donors (Lipinski definition) is 1. The number of halogens is 1. The van der Waals surface area contributed by atoms with Crippen LogP contribution in [0.15, 0.2) is 28.7 Å². The van der Waals surface area contributed by atoms with E-state index < -0.39 is 0 Å². The van der Waals surface area contributed by atoms with E-state index in [1.807, 2.05) is 31.2 Å². The van der Waals surface area contributed by atoms with Crippen LogP contribution in [0.5, 0.6) is 0 Å². The van der Waals surface area contributed by atoms with Crippen molar-refractivity contribution in [3.63, 3.8) is 0 Å². The molecule has 0 saturated carbocycles. The normalized spacial score (nSPS) is 13.4. The molecule has 0 aliphatic rings. The van der Waals surface area contributed by atoms with Gasteiger partial charge in [0, 0.05) is 17.8 Å². The molecular formula is C11H12ClNO. The first-order valence-corrected chi connectivity index (χ1v) is 4.97. The van der Waals surface area contributed by atoms with Gasteiger partial charge in [0.05, 0.1) is 5.02 Å². The Hall–Kier alpha value is -0.990. The first kappa shape index (κ1) is 9.56. The highest BCUT2D eigenvalue weighted by Gasteiger charge is 2.07. The first-order valence-electron chi connectivity index (χ1n) is 4.59. The fourth-order valence-corrected chi connectivity index (χ4v) is 1.72. The van der Waals surface area contributed by atoms with Crippen molar-refractivity contribution in [2.45, 2.75) is 19.4 Å². The van der Waals surface area contributed by atoms with Gasteiger partial charge in [-0.15, -0.1) is 0 Å². The minimum absolute atomic E-state index is 0.106. The number of fused-ring (bicyclic) bond motifs is 1. The topological polar surface area (TPSA) is 39.2 Å². The molecule has 2 nitrogen and oxygen atoms in total. The van der Waals surface area contributed by atoms with Crippen LogP contribution in [-0.4, -0.2) is 6.04 Å². The Morgan fingerprint density at radius 3 is 2.93 bits per heavy atom. The van der Waals surface area contributed by atoms with Crippen LogP contribution in [0, 0.1) is 0 Å². The predicted octanol–water partition coefficient (Wildman–Crippen LogP) is 2.98. The van der Waals surface area contributed by atoms with Gasteiger partial charge in [-0.3, -0.25) is 0 Å². The minimum Gasteiger partial charge on any atom is -0.459 e. The molecule has 0 bridgehead atoms. The number of nitrogens with two attached hydrogens (primary N) is 1. The van der Waals surface area contributed by atoms with Crippen molar-refractivity contribution in [1.82, 2.24) is 0 Å². The van der Waals surface area contributed by atoms with Gasteiger partial charge in [-0.2, -0.15) is 0 Å². The summed E-state index contributed by atoms with van der Waals surface area (Å²) in [6, 6.07) is 7.81. The van der Waals surface area contributed by atoms with Gasteiger partial charge in [0.15, 0.2) is 5.58 Å². The van der Waals surface area contributed by atoms with Crippen molar-refractivity contribution >= 4 is 22.6 Å². The number of hydrogen-bond acceptors (Lipinski definition) is 2. The van der Waals surface area contributed by atoms with E-state index >= 15 is 0 Å².